The highest BCUT2D eigenvalue weighted by Gasteiger charge is 2.19. The van der Waals surface area contributed by atoms with Crippen LogP contribution < -0.4 is 10.0 Å². The summed E-state index contributed by atoms with van der Waals surface area (Å²) in [5.74, 6) is -0.917. The van der Waals surface area contributed by atoms with Gasteiger partial charge in [-0.25, -0.2) is 17.5 Å². The Morgan fingerprint density at radius 3 is 2.39 bits per heavy atom. The number of nitrogens with zero attached hydrogens (tertiary/aromatic N) is 2. The first-order valence-corrected chi connectivity index (χ1v) is 11.5. The van der Waals surface area contributed by atoms with Gasteiger partial charge in [-0.05, 0) is 80.1 Å². The van der Waals surface area contributed by atoms with Crippen LogP contribution in [-0.2, 0) is 10.0 Å². The molecule has 2 N–H and O–H groups in total. The molecule has 0 spiro atoms. The van der Waals surface area contributed by atoms with Gasteiger partial charge in [0, 0.05) is 28.8 Å². The third kappa shape index (κ3) is 4.93. The minimum Gasteiger partial charge on any atom is -0.322 e. The lowest BCUT2D eigenvalue weighted by atomic mass is 10.1. The molecule has 0 aliphatic carbocycles. The summed E-state index contributed by atoms with van der Waals surface area (Å²) in [4.78, 5) is 12.9. The summed E-state index contributed by atoms with van der Waals surface area (Å²) in [5.41, 5.74) is 3.33. The van der Waals surface area contributed by atoms with Crippen molar-refractivity contribution in [1.82, 2.24) is 9.78 Å². The van der Waals surface area contributed by atoms with Gasteiger partial charge in [0.05, 0.1) is 10.6 Å². The van der Waals surface area contributed by atoms with E-state index in [1.807, 2.05) is 19.1 Å². The van der Waals surface area contributed by atoms with E-state index >= 15 is 0 Å². The highest BCUT2D eigenvalue weighted by Crippen LogP contribution is 2.22. The molecule has 0 aliphatic heterocycles. The molecule has 1 aromatic heterocycles. The first-order valence-electron chi connectivity index (χ1n) is 10.0. The number of aromatic nitrogens is 2. The van der Waals surface area contributed by atoms with Crippen molar-refractivity contribution < 1.29 is 17.6 Å². The fourth-order valence-electron chi connectivity index (χ4n) is 3.30. The number of benzene rings is 3. The van der Waals surface area contributed by atoms with Crippen molar-refractivity contribution in [3.05, 3.63) is 102 Å². The van der Waals surface area contributed by atoms with Gasteiger partial charge in [0.2, 0.25) is 0 Å². The fraction of sp³-hybridized carbons (Fsp3) is 0.0833. The van der Waals surface area contributed by atoms with E-state index in [0.29, 0.717) is 11.3 Å². The maximum Gasteiger partial charge on any atom is 0.261 e. The second-order valence-corrected chi connectivity index (χ2v) is 9.16. The van der Waals surface area contributed by atoms with Crippen LogP contribution >= 0.6 is 0 Å². The molecule has 9 heteroatoms. The maximum absolute atomic E-state index is 13.1. The van der Waals surface area contributed by atoms with E-state index < -0.39 is 21.7 Å². The molecule has 0 fully saturated rings. The molecule has 33 heavy (non-hydrogen) atoms. The number of anilines is 2. The molecule has 0 aliphatic rings. The number of hydrogen-bond donors (Lipinski definition) is 2. The molecule has 0 unspecified atom stereocenters. The molecule has 168 valence electrons. The molecule has 0 saturated heterocycles. The predicted octanol–water partition coefficient (Wildman–Crippen LogP) is 4.68. The zero-order valence-corrected chi connectivity index (χ0v) is 18.7. The minimum atomic E-state index is -3.98. The number of nitrogens with one attached hydrogen (secondary N) is 2. The molecule has 0 radical (unpaired) electrons. The molecular weight excluding hydrogens is 443 g/mol. The van der Waals surface area contributed by atoms with Crippen LogP contribution in [0.25, 0.3) is 5.69 Å². The van der Waals surface area contributed by atoms with Crippen molar-refractivity contribution in [1.29, 1.82) is 0 Å². The molecule has 1 heterocycles. The van der Waals surface area contributed by atoms with Crippen LogP contribution in [0.4, 0.5) is 15.8 Å². The van der Waals surface area contributed by atoms with E-state index in [0.717, 1.165) is 23.5 Å². The second kappa shape index (κ2) is 8.87. The average Bonchev–Trinajstić information content (AvgIpc) is 3.21. The molecule has 0 saturated carbocycles. The number of aryl methyl sites for hydroxylation is 2. The first-order chi connectivity index (χ1) is 15.7. The summed E-state index contributed by atoms with van der Waals surface area (Å²) >= 11 is 0. The van der Waals surface area contributed by atoms with Gasteiger partial charge in [0.1, 0.15) is 5.82 Å². The van der Waals surface area contributed by atoms with E-state index in [-0.39, 0.29) is 16.1 Å². The number of rotatable bonds is 6. The number of hydrogen-bond acceptors (Lipinski definition) is 4. The predicted molar refractivity (Wildman–Crippen MR) is 125 cm³/mol. The van der Waals surface area contributed by atoms with Crippen LogP contribution in [0.1, 0.15) is 21.6 Å². The SMILES string of the molecule is Cc1ccc(S(=O)(=O)Nc2ccc(F)cc2)cc1C(=O)Nc1cccc(-n2nccc2C)c1. The minimum absolute atomic E-state index is 0.0801. The van der Waals surface area contributed by atoms with Gasteiger partial charge in [0.15, 0.2) is 0 Å². The summed E-state index contributed by atoms with van der Waals surface area (Å²) in [7, 11) is -3.98. The van der Waals surface area contributed by atoms with Crippen LogP contribution in [-0.4, -0.2) is 24.1 Å². The highest BCUT2D eigenvalue weighted by atomic mass is 32.2. The Kier molecular flexibility index (Phi) is 5.97. The topological polar surface area (TPSA) is 93.1 Å². The summed E-state index contributed by atoms with van der Waals surface area (Å²) in [6.45, 7) is 3.65. The first kappa shape index (κ1) is 22.2. The van der Waals surface area contributed by atoms with Crippen molar-refractivity contribution >= 4 is 27.3 Å². The van der Waals surface area contributed by atoms with E-state index in [2.05, 4.69) is 15.1 Å². The Balaban J connectivity index is 1.58. The van der Waals surface area contributed by atoms with Gasteiger partial charge in [-0.15, -0.1) is 0 Å². The number of carbonyl (C=O) groups excluding carboxylic acids is 1. The quantitative estimate of drug-likeness (QED) is 0.433. The largest absolute Gasteiger partial charge is 0.322 e. The summed E-state index contributed by atoms with van der Waals surface area (Å²) < 4.78 is 42.8. The molecular formula is C24H21FN4O3S. The Bertz CT molecular complexity index is 1430. The monoisotopic (exact) mass is 464 g/mol. The molecule has 4 aromatic rings. The van der Waals surface area contributed by atoms with Crippen LogP contribution in [0.2, 0.25) is 0 Å². The van der Waals surface area contributed by atoms with Gasteiger partial charge >= 0.3 is 0 Å². The average molecular weight is 465 g/mol. The smallest absolute Gasteiger partial charge is 0.261 e. The normalized spacial score (nSPS) is 11.2. The number of sulfonamides is 1. The third-order valence-electron chi connectivity index (χ3n) is 5.04. The molecule has 7 nitrogen and oxygen atoms in total. The number of carbonyl (C=O) groups is 1. The molecule has 3 aromatic carbocycles. The standard InChI is InChI=1S/C24H21FN4O3S/c1-16-6-11-22(33(31,32)28-19-9-7-18(25)8-10-19)15-23(16)24(30)27-20-4-3-5-21(14-20)29-17(2)12-13-26-29/h3-15,28H,1-2H3,(H,27,30). The van der Waals surface area contributed by atoms with Gasteiger partial charge in [-0.1, -0.05) is 12.1 Å². The Morgan fingerprint density at radius 1 is 0.939 bits per heavy atom. The summed E-state index contributed by atoms with van der Waals surface area (Å²) in [6.07, 6.45) is 1.69. The molecule has 4 rings (SSSR count). The highest BCUT2D eigenvalue weighted by molar-refractivity contribution is 7.92. The van der Waals surface area contributed by atoms with Gasteiger partial charge in [-0.2, -0.15) is 5.10 Å². The second-order valence-electron chi connectivity index (χ2n) is 7.48. The Hall–Kier alpha value is -3.98. The number of halogens is 1. The van der Waals surface area contributed by atoms with E-state index in [4.69, 9.17) is 0 Å². The van der Waals surface area contributed by atoms with Crippen LogP contribution in [0.3, 0.4) is 0 Å². The van der Waals surface area contributed by atoms with E-state index in [1.165, 1.54) is 24.3 Å². The van der Waals surface area contributed by atoms with E-state index in [9.17, 15) is 17.6 Å². The van der Waals surface area contributed by atoms with Gasteiger partial charge in [0.25, 0.3) is 15.9 Å². The summed E-state index contributed by atoms with van der Waals surface area (Å²) in [6, 6.07) is 18.3. The zero-order chi connectivity index (χ0) is 23.6. The Labute approximate surface area is 190 Å². The van der Waals surface area contributed by atoms with Gasteiger partial charge < -0.3 is 5.32 Å². The molecule has 0 atom stereocenters. The van der Waals surface area contributed by atoms with Crippen molar-refractivity contribution in [3.63, 3.8) is 0 Å². The fourth-order valence-corrected chi connectivity index (χ4v) is 4.38. The third-order valence-corrected chi connectivity index (χ3v) is 6.42. The lowest BCUT2D eigenvalue weighted by Crippen LogP contribution is -2.17. The van der Waals surface area contributed by atoms with Crippen LogP contribution in [0.5, 0.6) is 0 Å². The maximum atomic E-state index is 13.1. The zero-order valence-electron chi connectivity index (χ0n) is 17.9. The van der Waals surface area contributed by atoms with Crippen molar-refractivity contribution in [2.24, 2.45) is 0 Å². The lowest BCUT2D eigenvalue weighted by Gasteiger charge is -2.13. The molecule has 1 amide bonds. The van der Waals surface area contributed by atoms with Gasteiger partial charge in [-0.3, -0.25) is 9.52 Å². The van der Waals surface area contributed by atoms with Crippen LogP contribution in [0, 0.1) is 19.7 Å². The number of amides is 1. The lowest BCUT2D eigenvalue weighted by molar-refractivity contribution is 0.102. The summed E-state index contributed by atoms with van der Waals surface area (Å²) in [5, 5.41) is 7.08. The van der Waals surface area contributed by atoms with Crippen molar-refractivity contribution in [2.45, 2.75) is 18.7 Å². The van der Waals surface area contributed by atoms with Crippen molar-refractivity contribution in [3.8, 4) is 5.69 Å². The van der Waals surface area contributed by atoms with Crippen molar-refractivity contribution in [2.75, 3.05) is 10.0 Å². The van der Waals surface area contributed by atoms with E-state index in [1.54, 1.807) is 42.1 Å². The van der Waals surface area contributed by atoms with Crippen LogP contribution in [0.15, 0.2) is 83.9 Å². The molecule has 0 bridgehead atoms. The Morgan fingerprint density at radius 2 is 1.70 bits per heavy atom.